The van der Waals surface area contributed by atoms with Crippen LogP contribution in [0.2, 0.25) is 0 Å². The molecule has 0 bridgehead atoms. The summed E-state index contributed by atoms with van der Waals surface area (Å²) in [4.78, 5) is 37.1. The van der Waals surface area contributed by atoms with Crippen molar-refractivity contribution < 1.29 is 54.9 Å². The van der Waals surface area contributed by atoms with Crippen LogP contribution in [0.15, 0.2) is 41.3 Å². The Hall–Kier alpha value is -3.88. The van der Waals surface area contributed by atoms with Crippen LogP contribution in [0.1, 0.15) is 49.9 Å². The minimum atomic E-state index is -5.64. The molecular weight excluding hydrogens is 624 g/mol. The van der Waals surface area contributed by atoms with E-state index < -0.39 is 61.7 Å². The molecule has 45 heavy (non-hydrogen) atoms. The van der Waals surface area contributed by atoms with Gasteiger partial charge in [-0.15, -0.1) is 0 Å². The standard InChI is InChI=1S/C30H34F4N2O8S/c1-15-7-8-16(2)26(25(15)28(38)35-19-5-4-6-20(11-19)45(41,42)30(32,33)34)36-27(37)21-12-24(22(31)13-23(21)43-3)44-14-17-9-18(10-17)29(39)40/h4-6,11-13,15-18,25-26H,7-10,14H2,1-3H3,(H,35,38)(H,36,37)(H,39,40)/t15-,16+,17-,18+,25+,26-/m1/s1. The highest BCUT2D eigenvalue weighted by atomic mass is 32.2. The number of carboxylic acid groups (broad SMARTS) is 1. The highest BCUT2D eigenvalue weighted by molar-refractivity contribution is 7.92. The number of amides is 2. The number of ether oxygens (including phenoxy) is 2. The van der Waals surface area contributed by atoms with Crippen LogP contribution >= 0.6 is 0 Å². The monoisotopic (exact) mass is 658 g/mol. The summed E-state index contributed by atoms with van der Waals surface area (Å²) in [5.41, 5.74) is -5.75. The molecular formula is C30H34F4N2O8S. The van der Waals surface area contributed by atoms with E-state index in [9.17, 15) is 40.4 Å². The zero-order valence-corrected chi connectivity index (χ0v) is 25.5. The molecule has 0 saturated heterocycles. The molecule has 0 aliphatic heterocycles. The molecule has 0 heterocycles. The Morgan fingerprint density at radius 1 is 1.02 bits per heavy atom. The van der Waals surface area contributed by atoms with Crippen molar-refractivity contribution in [3.63, 3.8) is 0 Å². The average molecular weight is 659 g/mol. The maximum Gasteiger partial charge on any atom is 0.501 e. The largest absolute Gasteiger partial charge is 0.501 e. The maximum atomic E-state index is 14.8. The van der Waals surface area contributed by atoms with Gasteiger partial charge in [0.25, 0.3) is 15.7 Å². The first-order chi connectivity index (χ1) is 21.0. The third-order valence-corrected chi connectivity index (χ3v) is 10.0. The van der Waals surface area contributed by atoms with Gasteiger partial charge in [-0.3, -0.25) is 14.4 Å². The molecule has 15 heteroatoms. The van der Waals surface area contributed by atoms with Gasteiger partial charge in [0.05, 0.1) is 36.0 Å². The highest BCUT2D eigenvalue weighted by Gasteiger charge is 2.47. The van der Waals surface area contributed by atoms with E-state index in [0.29, 0.717) is 25.7 Å². The Balaban J connectivity index is 1.53. The SMILES string of the molecule is COc1cc(F)c(OC[C@H]2C[C@@H](C(=O)O)C2)cc1C(=O)N[C@H]1[C@@H](C(=O)Nc2cccc(S(=O)(=O)C(F)(F)F)c2)[C@H](C)CC[C@@H]1C. The summed E-state index contributed by atoms with van der Waals surface area (Å²) in [5, 5.41) is 14.4. The number of sulfone groups is 1. The first-order valence-electron chi connectivity index (χ1n) is 14.3. The lowest BCUT2D eigenvalue weighted by molar-refractivity contribution is -0.146. The van der Waals surface area contributed by atoms with E-state index in [-0.39, 0.29) is 47.1 Å². The molecule has 0 radical (unpaired) electrons. The lowest BCUT2D eigenvalue weighted by atomic mass is 9.71. The van der Waals surface area contributed by atoms with Gasteiger partial charge in [0, 0.05) is 17.8 Å². The number of nitrogens with one attached hydrogen (secondary N) is 2. The Morgan fingerprint density at radius 3 is 2.31 bits per heavy atom. The number of aliphatic carboxylic acids is 1. The fourth-order valence-corrected chi connectivity index (χ4v) is 6.66. The number of hydrogen-bond acceptors (Lipinski definition) is 7. The van der Waals surface area contributed by atoms with Crippen LogP contribution in [0.5, 0.6) is 11.5 Å². The number of hydrogen-bond donors (Lipinski definition) is 3. The van der Waals surface area contributed by atoms with Crippen molar-refractivity contribution >= 4 is 33.3 Å². The molecule has 2 aliphatic rings. The normalized spacial score (nSPS) is 25.0. The molecule has 0 aromatic heterocycles. The number of methoxy groups -OCH3 is 1. The van der Waals surface area contributed by atoms with Crippen LogP contribution < -0.4 is 20.1 Å². The number of carbonyl (C=O) groups is 3. The van der Waals surface area contributed by atoms with E-state index >= 15 is 0 Å². The van der Waals surface area contributed by atoms with Crippen LogP contribution in [0.4, 0.5) is 23.2 Å². The van der Waals surface area contributed by atoms with Gasteiger partial charge < -0.3 is 25.2 Å². The van der Waals surface area contributed by atoms with Crippen molar-refractivity contribution in [3.05, 3.63) is 47.8 Å². The second kappa shape index (κ2) is 13.2. The zero-order valence-electron chi connectivity index (χ0n) is 24.7. The predicted octanol–water partition coefficient (Wildman–Crippen LogP) is 5.04. The van der Waals surface area contributed by atoms with Gasteiger partial charge in [0.2, 0.25) is 5.91 Å². The van der Waals surface area contributed by atoms with Gasteiger partial charge in [-0.2, -0.15) is 13.2 Å². The van der Waals surface area contributed by atoms with E-state index in [1.54, 1.807) is 6.92 Å². The smallest absolute Gasteiger partial charge is 0.496 e. The second-order valence-electron chi connectivity index (χ2n) is 11.7. The van der Waals surface area contributed by atoms with E-state index in [1.807, 2.05) is 6.92 Å². The van der Waals surface area contributed by atoms with Gasteiger partial charge in [0.1, 0.15) is 5.75 Å². The van der Waals surface area contributed by atoms with Crippen molar-refractivity contribution in [3.8, 4) is 11.5 Å². The van der Waals surface area contributed by atoms with Crippen LogP contribution in [0.25, 0.3) is 0 Å². The molecule has 4 rings (SSSR count). The topological polar surface area (TPSA) is 148 Å². The molecule has 2 aliphatic carbocycles. The van der Waals surface area contributed by atoms with Crippen molar-refractivity contribution in [2.24, 2.45) is 29.6 Å². The van der Waals surface area contributed by atoms with Crippen LogP contribution in [-0.4, -0.2) is 56.6 Å². The summed E-state index contributed by atoms with van der Waals surface area (Å²) < 4.78 is 88.6. The molecule has 4 atom stereocenters. The number of anilines is 1. The van der Waals surface area contributed by atoms with E-state index in [1.165, 1.54) is 19.2 Å². The summed E-state index contributed by atoms with van der Waals surface area (Å²) in [6, 6.07) is 5.25. The van der Waals surface area contributed by atoms with Crippen molar-refractivity contribution in [2.45, 2.75) is 56.0 Å². The molecule has 0 spiro atoms. The Kier molecular flexibility index (Phi) is 10.00. The Morgan fingerprint density at radius 2 is 1.69 bits per heavy atom. The van der Waals surface area contributed by atoms with E-state index in [4.69, 9.17) is 14.6 Å². The number of halogens is 4. The molecule has 246 valence electrons. The second-order valence-corrected chi connectivity index (χ2v) is 13.6. The molecule has 2 aromatic carbocycles. The number of alkyl halides is 3. The number of carboxylic acids is 1. The summed E-state index contributed by atoms with van der Waals surface area (Å²) >= 11 is 0. The molecule has 0 unspecified atom stereocenters. The summed E-state index contributed by atoms with van der Waals surface area (Å²) in [6.45, 7) is 3.67. The number of rotatable bonds is 10. The molecule has 2 saturated carbocycles. The van der Waals surface area contributed by atoms with Gasteiger partial charge in [0.15, 0.2) is 11.6 Å². The quantitative estimate of drug-likeness (QED) is 0.301. The third kappa shape index (κ3) is 7.34. The van der Waals surface area contributed by atoms with Gasteiger partial charge in [-0.1, -0.05) is 19.9 Å². The summed E-state index contributed by atoms with van der Waals surface area (Å²) in [6.07, 6.45) is 2.03. The highest BCUT2D eigenvalue weighted by Crippen LogP contribution is 2.38. The van der Waals surface area contributed by atoms with Crippen molar-refractivity contribution in [2.75, 3.05) is 19.0 Å². The minimum absolute atomic E-state index is 0.0545. The zero-order chi connectivity index (χ0) is 33.3. The van der Waals surface area contributed by atoms with Crippen LogP contribution in [-0.2, 0) is 19.4 Å². The molecule has 2 fully saturated rings. The number of benzene rings is 2. The summed E-state index contributed by atoms with van der Waals surface area (Å²) in [5.74, 6) is -5.23. The Labute approximate surface area is 257 Å². The summed E-state index contributed by atoms with van der Waals surface area (Å²) in [7, 11) is -4.39. The van der Waals surface area contributed by atoms with E-state index in [2.05, 4.69) is 10.6 Å². The van der Waals surface area contributed by atoms with Crippen LogP contribution in [0, 0.1) is 35.4 Å². The molecule has 3 N–H and O–H groups in total. The first-order valence-corrected chi connectivity index (χ1v) is 15.8. The molecule has 2 aromatic rings. The fraction of sp³-hybridized carbons (Fsp3) is 0.500. The van der Waals surface area contributed by atoms with Crippen LogP contribution in [0.3, 0.4) is 0 Å². The minimum Gasteiger partial charge on any atom is -0.496 e. The fourth-order valence-electron chi connectivity index (χ4n) is 5.85. The molecule has 2 amide bonds. The average Bonchev–Trinajstić information content (AvgIpc) is 2.93. The Bertz CT molecular complexity index is 1560. The number of carbonyl (C=O) groups excluding carboxylic acids is 2. The lowest BCUT2D eigenvalue weighted by Gasteiger charge is -2.40. The molecule has 10 nitrogen and oxygen atoms in total. The van der Waals surface area contributed by atoms with Gasteiger partial charge >= 0.3 is 11.5 Å². The predicted molar refractivity (Wildman–Crippen MR) is 153 cm³/mol. The van der Waals surface area contributed by atoms with Crippen molar-refractivity contribution in [1.82, 2.24) is 5.32 Å². The lowest BCUT2D eigenvalue weighted by Crippen LogP contribution is -2.53. The maximum absolute atomic E-state index is 14.8. The van der Waals surface area contributed by atoms with Gasteiger partial charge in [-0.05, 0) is 67.7 Å². The third-order valence-electron chi connectivity index (χ3n) is 8.57. The van der Waals surface area contributed by atoms with Gasteiger partial charge in [-0.25, -0.2) is 12.8 Å². The van der Waals surface area contributed by atoms with Crippen molar-refractivity contribution in [1.29, 1.82) is 0 Å². The van der Waals surface area contributed by atoms with E-state index in [0.717, 1.165) is 24.3 Å². The first kappa shape index (κ1) is 34.0.